The Morgan fingerprint density at radius 2 is 2.24 bits per heavy atom. The third kappa shape index (κ3) is 2.04. The number of nitrogens with one attached hydrogen (secondary N) is 1. The number of aliphatic imine (C=N–C) groups is 1. The summed E-state index contributed by atoms with van der Waals surface area (Å²) in [5.74, 6) is 0. The van der Waals surface area contributed by atoms with E-state index in [0.29, 0.717) is 6.04 Å². The van der Waals surface area contributed by atoms with Crippen molar-refractivity contribution in [2.75, 3.05) is 13.1 Å². The van der Waals surface area contributed by atoms with Crippen molar-refractivity contribution in [3.8, 4) is 0 Å². The summed E-state index contributed by atoms with van der Waals surface area (Å²) >= 11 is 0. The monoisotopic (exact) mass is 233 g/mol. The van der Waals surface area contributed by atoms with Crippen LogP contribution in [0.5, 0.6) is 0 Å². The molecule has 3 nitrogen and oxygen atoms in total. The fourth-order valence-corrected chi connectivity index (χ4v) is 2.72. The minimum absolute atomic E-state index is 0.0976. The van der Waals surface area contributed by atoms with Gasteiger partial charge in [0, 0.05) is 30.7 Å². The topological polar surface area (TPSA) is 29.3 Å². The molecule has 1 aromatic rings. The summed E-state index contributed by atoms with van der Waals surface area (Å²) < 4.78 is 2.31. The molecule has 1 aliphatic rings. The molecular formula is C14H23N3. The summed E-state index contributed by atoms with van der Waals surface area (Å²) in [5, 5.41) is 3.59. The molecule has 1 aromatic heterocycles. The highest BCUT2D eigenvalue weighted by atomic mass is 15.1. The van der Waals surface area contributed by atoms with E-state index in [1.165, 1.54) is 11.4 Å². The molecule has 0 saturated heterocycles. The van der Waals surface area contributed by atoms with Crippen LogP contribution in [0.3, 0.4) is 0 Å². The summed E-state index contributed by atoms with van der Waals surface area (Å²) in [4.78, 5) is 4.74. The Labute approximate surface area is 104 Å². The maximum absolute atomic E-state index is 4.74. The van der Waals surface area contributed by atoms with Gasteiger partial charge in [-0.15, -0.1) is 0 Å². The van der Waals surface area contributed by atoms with Crippen LogP contribution in [0.25, 0.3) is 0 Å². The Morgan fingerprint density at radius 1 is 1.47 bits per heavy atom. The van der Waals surface area contributed by atoms with Crippen molar-refractivity contribution >= 4 is 5.71 Å². The molecule has 1 unspecified atom stereocenters. The maximum atomic E-state index is 4.74. The lowest BCUT2D eigenvalue weighted by atomic mass is 9.76. The smallest absolute Gasteiger partial charge is 0.0657 e. The molecule has 1 N–H and O–H groups in total. The van der Waals surface area contributed by atoms with E-state index < -0.39 is 0 Å². The van der Waals surface area contributed by atoms with Crippen molar-refractivity contribution in [2.24, 2.45) is 10.4 Å². The van der Waals surface area contributed by atoms with E-state index in [2.05, 4.69) is 55.9 Å². The van der Waals surface area contributed by atoms with E-state index in [4.69, 9.17) is 4.99 Å². The molecule has 0 amide bonds. The van der Waals surface area contributed by atoms with Gasteiger partial charge in [-0.05, 0) is 25.6 Å². The van der Waals surface area contributed by atoms with E-state index in [9.17, 15) is 0 Å². The predicted molar refractivity (Wildman–Crippen MR) is 72.8 cm³/mol. The van der Waals surface area contributed by atoms with Gasteiger partial charge in [-0.3, -0.25) is 4.99 Å². The quantitative estimate of drug-likeness (QED) is 0.853. The molecule has 0 radical (unpaired) electrons. The molecule has 0 saturated carbocycles. The Bertz CT molecular complexity index is 415. The minimum Gasteiger partial charge on any atom is -0.345 e. The largest absolute Gasteiger partial charge is 0.345 e. The van der Waals surface area contributed by atoms with Gasteiger partial charge in [-0.1, -0.05) is 20.8 Å². The normalized spacial score (nSPS) is 24.9. The van der Waals surface area contributed by atoms with E-state index in [1.807, 2.05) is 0 Å². The van der Waals surface area contributed by atoms with Crippen molar-refractivity contribution < 1.29 is 0 Å². The van der Waals surface area contributed by atoms with Gasteiger partial charge in [0.15, 0.2) is 0 Å². The van der Waals surface area contributed by atoms with E-state index in [1.54, 1.807) is 0 Å². The number of rotatable bonds is 3. The number of aromatic nitrogens is 1. The van der Waals surface area contributed by atoms with Crippen LogP contribution in [-0.4, -0.2) is 29.4 Å². The van der Waals surface area contributed by atoms with Gasteiger partial charge in [0.1, 0.15) is 0 Å². The van der Waals surface area contributed by atoms with Crippen LogP contribution in [0.1, 0.15) is 33.4 Å². The Morgan fingerprint density at radius 3 is 2.88 bits per heavy atom. The summed E-state index contributed by atoms with van der Waals surface area (Å²) in [6, 6.07) is 4.75. The lowest BCUT2D eigenvalue weighted by molar-refractivity contribution is 0.287. The molecule has 0 aromatic carbocycles. The maximum Gasteiger partial charge on any atom is 0.0657 e. The highest BCUT2D eigenvalue weighted by Gasteiger charge is 2.39. The van der Waals surface area contributed by atoms with Crippen LogP contribution in [0.4, 0.5) is 0 Å². The van der Waals surface area contributed by atoms with Gasteiger partial charge in [0.25, 0.3) is 0 Å². The van der Waals surface area contributed by atoms with Crippen LogP contribution in [0.2, 0.25) is 0 Å². The first kappa shape index (κ1) is 12.4. The highest BCUT2D eigenvalue weighted by Crippen LogP contribution is 2.33. The first-order chi connectivity index (χ1) is 8.11. The molecule has 1 atom stereocenters. The molecule has 2 rings (SSSR count). The number of hydrogen-bond donors (Lipinski definition) is 1. The minimum atomic E-state index is 0.0976. The molecule has 3 heteroatoms. The first-order valence-electron chi connectivity index (χ1n) is 6.55. The predicted octanol–water partition coefficient (Wildman–Crippen LogP) is 2.32. The molecule has 0 bridgehead atoms. The second-order valence-corrected chi connectivity index (χ2v) is 5.20. The second kappa shape index (κ2) is 4.65. The van der Waals surface area contributed by atoms with Crippen molar-refractivity contribution in [3.63, 3.8) is 0 Å². The fraction of sp³-hybridized carbons (Fsp3) is 0.643. The average molecular weight is 233 g/mol. The molecular weight excluding hydrogens is 210 g/mol. The van der Waals surface area contributed by atoms with Crippen LogP contribution >= 0.6 is 0 Å². The van der Waals surface area contributed by atoms with Crippen molar-refractivity contribution in [3.05, 3.63) is 24.0 Å². The molecule has 17 heavy (non-hydrogen) atoms. The first-order valence-corrected chi connectivity index (χ1v) is 6.55. The third-order valence-corrected chi connectivity index (χ3v) is 3.70. The zero-order chi connectivity index (χ0) is 12.5. The molecule has 0 aliphatic carbocycles. The van der Waals surface area contributed by atoms with Crippen molar-refractivity contribution in [1.29, 1.82) is 0 Å². The lowest BCUT2D eigenvalue weighted by Gasteiger charge is -2.41. The Hall–Kier alpha value is -1.09. The van der Waals surface area contributed by atoms with Gasteiger partial charge in [-0.25, -0.2) is 0 Å². The van der Waals surface area contributed by atoms with E-state index in [0.717, 1.165) is 19.6 Å². The third-order valence-electron chi connectivity index (χ3n) is 3.70. The molecule has 94 valence electrons. The van der Waals surface area contributed by atoms with Gasteiger partial charge in [0.2, 0.25) is 0 Å². The SMILES string of the molecule is CCN=C1c2cccn2CC(NCC)C1(C)C. The lowest BCUT2D eigenvalue weighted by Crippen LogP contribution is -2.53. The summed E-state index contributed by atoms with van der Waals surface area (Å²) in [5.41, 5.74) is 2.62. The van der Waals surface area contributed by atoms with Crippen LogP contribution < -0.4 is 5.32 Å². The van der Waals surface area contributed by atoms with E-state index in [-0.39, 0.29) is 5.41 Å². The van der Waals surface area contributed by atoms with Crippen LogP contribution in [-0.2, 0) is 6.54 Å². The van der Waals surface area contributed by atoms with Gasteiger partial charge in [-0.2, -0.15) is 0 Å². The highest BCUT2D eigenvalue weighted by molar-refractivity contribution is 6.04. The van der Waals surface area contributed by atoms with Crippen LogP contribution in [0, 0.1) is 5.41 Å². The molecule has 2 heterocycles. The second-order valence-electron chi connectivity index (χ2n) is 5.20. The summed E-state index contributed by atoms with van der Waals surface area (Å²) in [6.45, 7) is 11.8. The summed E-state index contributed by atoms with van der Waals surface area (Å²) in [6.07, 6.45) is 2.15. The number of likely N-dealkylation sites (N-methyl/N-ethyl adjacent to an activating group) is 1. The zero-order valence-corrected chi connectivity index (χ0v) is 11.3. The van der Waals surface area contributed by atoms with Gasteiger partial charge >= 0.3 is 0 Å². The summed E-state index contributed by atoms with van der Waals surface area (Å²) in [7, 11) is 0. The van der Waals surface area contributed by atoms with Gasteiger partial charge < -0.3 is 9.88 Å². The van der Waals surface area contributed by atoms with E-state index >= 15 is 0 Å². The average Bonchev–Trinajstić information content (AvgIpc) is 2.72. The molecule has 0 spiro atoms. The van der Waals surface area contributed by atoms with Crippen molar-refractivity contribution in [2.45, 2.75) is 40.3 Å². The Kier molecular flexibility index (Phi) is 3.38. The standard InChI is InChI=1S/C14H23N3/c1-5-15-12-10-17-9-7-8-11(17)13(16-6-2)14(12,3)4/h7-9,12,15H,5-6,10H2,1-4H3. The van der Waals surface area contributed by atoms with Crippen molar-refractivity contribution in [1.82, 2.24) is 9.88 Å². The molecule has 1 aliphatic heterocycles. The Balaban J connectivity index is 2.45. The fourth-order valence-electron chi connectivity index (χ4n) is 2.72. The molecule has 0 fully saturated rings. The van der Waals surface area contributed by atoms with Crippen LogP contribution in [0.15, 0.2) is 23.3 Å². The number of nitrogens with zero attached hydrogens (tertiary/aromatic N) is 2. The number of hydrogen-bond acceptors (Lipinski definition) is 2. The number of fused-ring (bicyclic) bond motifs is 1. The van der Waals surface area contributed by atoms with Gasteiger partial charge in [0.05, 0.1) is 11.4 Å². The zero-order valence-electron chi connectivity index (χ0n) is 11.3.